The van der Waals surface area contributed by atoms with E-state index < -0.39 is 0 Å². The molecule has 9 heteroatoms. The van der Waals surface area contributed by atoms with E-state index in [1.807, 2.05) is 0 Å². The minimum Gasteiger partial charge on any atom is -0.354 e. The molecule has 2 aromatic rings. The third-order valence-electron chi connectivity index (χ3n) is 3.60. The first-order chi connectivity index (χ1) is 10.6. The van der Waals surface area contributed by atoms with Crippen molar-refractivity contribution in [1.29, 1.82) is 0 Å². The maximum absolute atomic E-state index is 12.2. The van der Waals surface area contributed by atoms with Gasteiger partial charge in [0.15, 0.2) is 0 Å². The van der Waals surface area contributed by atoms with Crippen LogP contribution < -0.4 is 10.2 Å². The number of hydrogen-bond acceptors (Lipinski definition) is 8. The Morgan fingerprint density at radius 1 is 1.23 bits per heavy atom. The van der Waals surface area contributed by atoms with Gasteiger partial charge >= 0.3 is 0 Å². The topological polar surface area (TPSA) is 100 Å². The molecule has 1 aliphatic rings. The van der Waals surface area contributed by atoms with Crippen molar-refractivity contribution in [2.75, 3.05) is 43.4 Å². The van der Waals surface area contributed by atoms with Gasteiger partial charge in [-0.25, -0.2) is 14.6 Å². The van der Waals surface area contributed by atoms with Crippen molar-refractivity contribution in [2.24, 2.45) is 0 Å². The van der Waals surface area contributed by atoms with Crippen LogP contribution in [0.2, 0.25) is 0 Å². The van der Waals surface area contributed by atoms with E-state index in [1.165, 1.54) is 6.33 Å². The summed E-state index contributed by atoms with van der Waals surface area (Å²) in [5.74, 6) is 0.685. The average Bonchev–Trinajstić information content (AvgIpc) is 2.93. The van der Waals surface area contributed by atoms with Crippen LogP contribution in [0.5, 0.6) is 0 Å². The number of aryl methyl sites for hydroxylation is 1. The van der Waals surface area contributed by atoms with Crippen LogP contribution in [0.15, 0.2) is 17.0 Å². The monoisotopic (exact) mass is 303 g/mol. The van der Waals surface area contributed by atoms with Crippen LogP contribution in [0.3, 0.4) is 0 Å². The summed E-state index contributed by atoms with van der Waals surface area (Å²) in [6.45, 7) is 5.38. The molecule has 9 nitrogen and oxygen atoms in total. The zero-order chi connectivity index (χ0) is 15.5. The van der Waals surface area contributed by atoms with Crippen LogP contribution in [0, 0.1) is 6.92 Å². The number of carbonyl (C=O) groups is 1. The Hall–Kier alpha value is -2.55. The Bertz CT molecular complexity index is 664. The van der Waals surface area contributed by atoms with Crippen LogP contribution in [-0.4, -0.2) is 64.3 Å². The SMILES string of the molecule is Cc1nonc1NC(=O)c1cc(N2CCN(C)CC2)ncn1. The molecule has 2 aromatic heterocycles. The number of hydrogen-bond donors (Lipinski definition) is 1. The van der Waals surface area contributed by atoms with Gasteiger partial charge < -0.3 is 15.1 Å². The van der Waals surface area contributed by atoms with Gasteiger partial charge in [0, 0.05) is 32.2 Å². The average molecular weight is 303 g/mol. The van der Waals surface area contributed by atoms with Gasteiger partial charge in [0.05, 0.1) is 0 Å². The second-order valence-electron chi connectivity index (χ2n) is 5.20. The van der Waals surface area contributed by atoms with E-state index in [0.29, 0.717) is 11.5 Å². The maximum Gasteiger partial charge on any atom is 0.275 e. The summed E-state index contributed by atoms with van der Waals surface area (Å²) in [7, 11) is 2.09. The van der Waals surface area contributed by atoms with Crippen molar-refractivity contribution >= 4 is 17.5 Å². The summed E-state index contributed by atoms with van der Waals surface area (Å²) < 4.78 is 4.55. The molecular formula is C13H17N7O2. The predicted molar refractivity (Wildman–Crippen MR) is 78.7 cm³/mol. The van der Waals surface area contributed by atoms with E-state index in [1.54, 1.807) is 13.0 Å². The van der Waals surface area contributed by atoms with Gasteiger partial charge in [-0.3, -0.25) is 4.79 Å². The lowest BCUT2D eigenvalue weighted by molar-refractivity contribution is 0.102. The number of carbonyl (C=O) groups excluding carboxylic acids is 1. The Labute approximate surface area is 127 Å². The van der Waals surface area contributed by atoms with Gasteiger partial charge in [0.1, 0.15) is 23.5 Å². The fourth-order valence-electron chi connectivity index (χ4n) is 2.20. The lowest BCUT2D eigenvalue weighted by Crippen LogP contribution is -2.44. The fraction of sp³-hybridized carbons (Fsp3) is 0.462. The minimum atomic E-state index is -0.364. The van der Waals surface area contributed by atoms with Crippen molar-refractivity contribution < 1.29 is 9.42 Å². The van der Waals surface area contributed by atoms with Crippen molar-refractivity contribution in [3.05, 3.63) is 23.8 Å². The molecule has 1 amide bonds. The van der Waals surface area contributed by atoms with E-state index in [0.717, 1.165) is 32.0 Å². The standard InChI is InChI=1S/C13H17N7O2/c1-9-12(18-22-17-9)16-13(21)10-7-11(15-8-14-10)20-5-3-19(2)4-6-20/h7-8H,3-6H2,1-2H3,(H,16,18,21). The molecule has 0 bridgehead atoms. The molecular weight excluding hydrogens is 286 g/mol. The highest BCUT2D eigenvalue weighted by molar-refractivity contribution is 6.02. The maximum atomic E-state index is 12.2. The normalized spacial score (nSPS) is 15.8. The lowest BCUT2D eigenvalue weighted by Gasteiger charge is -2.33. The Kier molecular flexibility index (Phi) is 3.96. The molecule has 22 heavy (non-hydrogen) atoms. The van der Waals surface area contributed by atoms with E-state index in [4.69, 9.17) is 0 Å². The number of rotatable bonds is 3. The highest BCUT2D eigenvalue weighted by atomic mass is 16.6. The summed E-state index contributed by atoms with van der Waals surface area (Å²) in [6.07, 6.45) is 1.40. The minimum absolute atomic E-state index is 0.284. The molecule has 1 N–H and O–H groups in total. The van der Waals surface area contributed by atoms with Crippen molar-refractivity contribution in [1.82, 2.24) is 25.2 Å². The van der Waals surface area contributed by atoms with Gasteiger partial charge in [0.25, 0.3) is 5.91 Å². The number of amides is 1. The van der Waals surface area contributed by atoms with Crippen LogP contribution in [0.25, 0.3) is 0 Å². The molecule has 1 saturated heterocycles. The van der Waals surface area contributed by atoms with E-state index >= 15 is 0 Å². The molecule has 0 unspecified atom stereocenters. The molecule has 0 aliphatic carbocycles. The third-order valence-corrected chi connectivity index (χ3v) is 3.60. The molecule has 1 fully saturated rings. The Balaban J connectivity index is 1.73. The highest BCUT2D eigenvalue weighted by Gasteiger charge is 2.18. The zero-order valence-electron chi connectivity index (χ0n) is 12.5. The summed E-state index contributed by atoms with van der Waals surface area (Å²) in [6, 6.07) is 1.68. The van der Waals surface area contributed by atoms with Gasteiger partial charge in [0.2, 0.25) is 5.82 Å². The Morgan fingerprint density at radius 2 is 2.00 bits per heavy atom. The molecule has 3 rings (SSSR count). The van der Waals surface area contributed by atoms with Crippen LogP contribution in [0.4, 0.5) is 11.6 Å². The second kappa shape index (κ2) is 6.06. The molecule has 0 saturated carbocycles. The first-order valence-corrected chi connectivity index (χ1v) is 6.99. The largest absolute Gasteiger partial charge is 0.354 e. The van der Waals surface area contributed by atoms with Gasteiger partial charge in [-0.2, -0.15) is 0 Å². The highest BCUT2D eigenvalue weighted by Crippen LogP contribution is 2.15. The number of likely N-dealkylation sites (N-methyl/N-ethyl adjacent to an activating group) is 1. The predicted octanol–water partition coefficient (Wildman–Crippen LogP) is 0.172. The quantitative estimate of drug-likeness (QED) is 0.856. The van der Waals surface area contributed by atoms with Crippen molar-refractivity contribution in [2.45, 2.75) is 6.92 Å². The lowest BCUT2D eigenvalue weighted by atomic mass is 10.3. The summed E-state index contributed by atoms with van der Waals surface area (Å²) in [5, 5.41) is 9.86. The third kappa shape index (κ3) is 3.03. The molecule has 1 aliphatic heterocycles. The number of aromatic nitrogens is 4. The van der Waals surface area contributed by atoms with Crippen LogP contribution in [-0.2, 0) is 0 Å². The van der Waals surface area contributed by atoms with E-state index in [2.05, 4.69) is 47.1 Å². The molecule has 116 valence electrons. The number of piperazine rings is 1. The molecule has 0 spiro atoms. The first kappa shape index (κ1) is 14.4. The number of nitrogens with zero attached hydrogens (tertiary/aromatic N) is 6. The Morgan fingerprint density at radius 3 is 2.68 bits per heavy atom. The van der Waals surface area contributed by atoms with Crippen molar-refractivity contribution in [3.63, 3.8) is 0 Å². The van der Waals surface area contributed by atoms with E-state index in [-0.39, 0.29) is 11.6 Å². The summed E-state index contributed by atoms with van der Waals surface area (Å²) >= 11 is 0. The number of nitrogens with one attached hydrogen (secondary N) is 1. The first-order valence-electron chi connectivity index (χ1n) is 6.99. The van der Waals surface area contributed by atoms with E-state index in [9.17, 15) is 4.79 Å². The van der Waals surface area contributed by atoms with Gasteiger partial charge in [-0.1, -0.05) is 5.16 Å². The molecule has 0 radical (unpaired) electrons. The van der Waals surface area contributed by atoms with Gasteiger partial charge in [-0.15, -0.1) is 0 Å². The van der Waals surface area contributed by atoms with Crippen LogP contribution in [0.1, 0.15) is 16.2 Å². The van der Waals surface area contributed by atoms with Gasteiger partial charge in [-0.05, 0) is 19.1 Å². The van der Waals surface area contributed by atoms with Crippen LogP contribution >= 0.6 is 0 Å². The molecule has 3 heterocycles. The fourth-order valence-corrected chi connectivity index (χ4v) is 2.20. The second-order valence-corrected chi connectivity index (χ2v) is 5.20. The van der Waals surface area contributed by atoms with Crippen molar-refractivity contribution in [3.8, 4) is 0 Å². The molecule has 0 aromatic carbocycles. The molecule has 0 atom stereocenters. The summed E-state index contributed by atoms with van der Waals surface area (Å²) in [5.41, 5.74) is 0.799. The number of anilines is 2. The summed E-state index contributed by atoms with van der Waals surface area (Å²) in [4.78, 5) is 24.9. The smallest absolute Gasteiger partial charge is 0.275 e. The zero-order valence-corrected chi connectivity index (χ0v) is 12.5.